The molecule has 0 spiro atoms. The van der Waals surface area contributed by atoms with Gasteiger partial charge < -0.3 is 4.42 Å². The van der Waals surface area contributed by atoms with Crippen molar-refractivity contribution in [1.82, 2.24) is 8.87 Å². The highest BCUT2D eigenvalue weighted by Gasteiger charge is 2.45. The van der Waals surface area contributed by atoms with Crippen LogP contribution < -0.4 is 5.76 Å². The molecule has 1 aromatic carbocycles. The van der Waals surface area contributed by atoms with E-state index in [0.717, 1.165) is 25.7 Å². The minimum atomic E-state index is -3.58. The molecular formula is C17H20N2O4S. The first kappa shape index (κ1) is 15.7. The average Bonchev–Trinajstić information content (AvgIpc) is 3.01. The molecule has 2 saturated heterocycles. The van der Waals surface area contributed by atoms with Crippen molar-refractivity contribution < 1.29 is 12.8 Å². The van der Waals surface area contributed by atoms with E-state index in [1.807, 2.05) is 6.92 Å². The largest absolute Gasteiger partial charge is 0.419 e. The number of rotatable bonds is 2. The SMILES string of the molecule is CC=C1CC2CCC(C1)N2S(=O)(=O)c1ccc2oc(=O)n(C)c2c1. The second-order valence-corrected chi connectivity index (χ2v) is 8.47. The van der Waals surface area contributed by atoms with E-state index in [9.17, 15) is 13.2 Å². The first-order valence-corrected chi connectivity index (χ1v) is 9.63. The zero-order valence-electron chi connectivity index (χ0n) is 13.7. The van der Waals surface area contributed by atoms with Crippen molar-refractivity contribution in [3.63, 3.8) is 0 Å². The van der Waals surface area contributed by atoms with Gasteiger partial charge >= 0.3 is 5.76 Å². The van der Waals surface area contributed by atoms with Gasteiger partial charge in [0.25, 0.3) is 0 Å². The molecule has 2 fully saturated rings. The molecule has 0 saturated carbocycles. The van der Waals surface area contributed by atoms with Crippen LogP contribution in [0.3, 0.4) is 0 Å². The summed E-state index contributed by atoms with van der Waals surface area (Å²) in [6, 6.07) is 4.73. The summed E-state index contributed by atoms with van der Waals surface area (Å²) in [6.07, 6.45) is 5.57. The van der Waals surface area contributed by atoms with Crippen LogP contribution in [0.25, 0.3) is 11.1 Å². The second kappa shape index (κ2) is 5.32. The van der Waals surface area contributed by atoms with Crippen LogP contribution in [-0.4, -0.2) is 29.4 Å². The average molecular weight is 348 g/mol. The standard InChI is InChI=1S/C17H20N2O4S/c1-3-11-8-12-4-5-13(9-11)19(12)24(21,22)14-6-7-16-15(10-14)18(2)17(20)23-16/h3,6-7,10,12-13H,4-5,8-9H2,1-2H3. The Morgan fingerprint density at radius 1 is 1.21 bits per heavy atom. The summed E-state index contributed by atoms with van der Waals surface area (Å²) >= 11 is 0. The van der Waals surface area contributed by atoms with Crippen LogP contribution in [-0.2, 0) is 17.1 Å². The second-order valence-electron chi connectivity index (χ2n) is 6.63. The molecule has 6 nitrogen and oxygen atoms in total. The van der Waals surface area contributed by atoms with E-state index in [1.54, 1.807) is 23.5 Å². The number of oxazole rings is 1. The van der Waals surface area contributed by atoms with Crippen molar-refractivity contribution in [3.05, 3.63) is 40.4 Å². The summed E-state index contributed by atoms with van der Waals surface area (Å²) in [7, 11) is -2.00. The molecule has 1 aromatic heterocycles. The van der Waals surface area contributed by atoms with Crippen molar-refractivity contribution in [2.24, 2.45) is 7.05 Å². The Hall–Kier alpha value is -1.86. The summed E-state index contributed by atoms with van der Waals surface area (Å²) in [5, 5.41) is 0. The van der Waals surface area contributed by atoms with E-state index in [2.05, 4.69) is 6.08 Å². The lowest BCUT2D eigenvalue weighted by molar-refractivity contribution is 0.285. The molecule has 3 heterocycles. The Balaban J connectivity index is 1.78. The molecule has 2 aliphatic rings. The Morgan fingerprint density at radius 2 is 1.88 bits per heavy atom. The summed E-state index contributed by atoms with van der Waals surface area (Å²) < 4.78 is 34.5. The summed E-state index contributed by atoms with van der Waals surface area (Å²) in [5.41, 5.74) is 2.25. The molecule has 2 unspecified atom stereocenters. The van der Waals surface area contributed by atoms with Crippen LogP contribution in [0.5, 0.6) is 0 Å². The zero-order valence-corrected chi connectivity index (χ0v) is 14.5. The Morgan fingerprint density at radius 3 is 2.50 bits per heavy atom. The number of allylic oxidation sites excluding steroid dienone is 1. The van der Waals surface area contributed by atoms with Gasteiger partial charge in [-0.05, 0) is 50.8 Å². The minimum absolute atomic E-state index is 0.0452. The fourth-order valence-electron chi connectivity index (χ4n) is 4.03. The zero-order chi connectivity index (χ0) is 17.1. The molecule has 0 N–H and O–H groups in total. The lowest BCUT2D eigenvalue weighted by atomic mass is 9.99. The molecule has 0 amide bonds. The molecule has 2 aliphatic heterocycles. The van der Waals surface area contributed by atoms with Crippen LogP contribution in [0.2, 0.25) is 0 Å². The first-order chi connectivity index (χ1) is 11.4. The van der Waals surface area contributed by atoms with Gasteiger partial charge in [0, 0.05) is 19.1 Å². The molecular weight excluding hydrogens is 328 g/mol. The van der Waals surface area contributed by atoms with Gasteiger partial charge in [-0.15, -0.1) is 0 Å². The number of piperidine rings is 1. The molecule has 2 atom stereocenters. The number of benzene rings is 1. The smallest absolute Gasteiger partial charge is 0.408 e. The predicted molar refractivity (Wildman–Crippen MR) is 90.3 cm³/mol. The van der Waals surface area contributed by atoms with Gasteiger partial charge in [-0.1, -0.05) is 11.6 Å². The third-order valence-electron chi connectivity index (χ3n) is 5.30. The third kappa shape index (κ3) is 2.18. The van der Waals surface area contributed by atoms with Crippen LogP contribution in [0.15, 0.2) is 44.0 Å². The van der Waals surface area contributed by atoms with Gasteiger partial charge in [-0.2, -0.15) is 4.31 Å². The number of aromatic nitrogens is 1. The number of fused-ring (bicyclic) bond motifs is 3. The Bertz CT molecular complexity index is 983. The van der Waals surface area contributed by atoms with Crippen LogP contribution in [0, 0.1) is 0 Å². The molecule has 2 aromatic rings. The fraction of sp³-hybridized carbons (Fsp3) is 0.471. The lowest BCUT2D eigenvalue weighted by Gasteiger charge is -2.35. The highest BCUT2D eigenvalue weighted by Crippen LogP contribution is 2.42. The maximum absolute atomic E-state index is 13.2. The number of aryl methyl sites for hydroxylation is 1. The van der Waals surface area contributed by atoms with Crippen LogP contribution in [0.1, 0.15) is 32.6 Å². The number of hydrogen-bond donors (Lipinski definition) is 0. The van der Waals surface area contributed by atoms with E-state index < -0.39 is 15.8 Å². The fourth-order valence-corrected chi connectivity index (χ4v) is 5.92. The van der Waals surface area contributed by atoms with E-state index in [-0.39, 0.29) is 17.0 Å². The molecule has 128 valence electrons. The molecule has 0 radical (unpaired) electrons. The van der Waals surface area contributed by atoms with Crippen molar-refractivity contribution in [3.8, 4) is 0 Å². The highest BCUT2D eigenvalue weighted by atomic mass is 32.2. The van der Waals surface area contributed by atoms with Crippen LogP contribution >= 0.6 is 0 Å². The monoisotopic (exact) mass is 348 g/mol. The number of hydrogen-bond acceptors (Lipinski definition) is 4. The molecule has 0 aliphatic carbocycles. The topological polar surface area (TPSA) is 72.5 Å². The lowest BCUT2D eigenvalue weighted by Crippen LogP contribution is -2.44. The van der Waals surface area contributed by atoms with Gasteiger partial charge in [0.05, 0.1) is 10.4 Å². The number of nitrogens with zero attached hydrogens (tertiary/aromatic N) is 2. The van der Waals surface area contributed by atoms with Gasteiger partial charge in [-0.25, -0.2) is 13.2 Å². The summed E-state index contributed by atoms with van der Waals surface area (Å²) in [6.45, 7) is 2.02. The van der Waals surface area contributed by atoms with Crippen LogP contribution in [0.4, 0.5) is 0 Å². The normalized spacial score (nSPS) is 24.7. The molecule has 2 bridgehead atoms. The minimum Gasteiger partial charge on any atom is -0.408 e. The third-order valence-corrected chi connectivity index (χ3v) is 7.30. The van der Waals surface area contributed by atoms with Gasteiger partial charge in [0.2, 0.25) is 10.0 Å². The quantitative estimate of drug-likeness (QED) is 0.781. The maximum atomic E-state index is 13.2. The summed E-state index contributed by atoms with van der Waals surface area (Å²) in [5.74, 6) is -0.490. The van der Waals surface area contributed by atoms with E-state index in [1.165, 1.54) is 16.2 Å². The van der Waals surface area contributed by atoms with Gasteiger partial charge in [0.1, 0.15) is 0 Å². The van der Waals surface area contributed by atoms with Crippen molar-refractivity contribution >= 4 is 21.1 Å². The first-order valence-electron chi connectivity index (χ1n) is 8.19. The van der Waals surface area contributed by atoms with Crippen molar-refractivity contribution in [1.29, 1.82) is 0 Å². The molecule has 24 heavy (non-hydrogen) atoms. The van der Waals surface area contributed by atoms with E-state index >= 15 is 0 Å². The molecule has 7 heteroatoms. The van der Waals surface area contributed by atoms with Crippen molar-refractivity contribution in [2.75, 3.05) is 0 Å². The van der Waals surface area contributed by atoms with E-state index in [0.29, 0.717) is 11.1 Å². The highest BCUT2D eigenvalue weighted by molar-refractivity contribution is 7.89. The summed E-state index contributed by atoms with van der Waals surface area (Å²) in [4.78, 5) is 11.8. The Kier molecular flexibility index (Phi) is 3.47. The van der Waals surface area contributed by atoms with Gasteiger partial charge in [0.15, 0.2) is 5.58 Å². The van der Waals surface area contributed by atoms with E-state index in [4.69, 9.17) is 4.42 Å². The maximum Gasteiger partial charge on any atom is 0.419 e. The molecule has 4 rings (SSSR count). The number of sulfonamides is 1. The van der Waals surface area contributed by atoms with Crippen molar-refractivity contribution in [2.45, 2.75) is 49.6 Å². The Labute approximate surface area is 140 Å². The van der Waals surface area contributed by atoms with Gasteiger partial charge in [-0.3, -0.25) is 4.57 Å². The predicted octanol–water partition coefficient (Wildman–Crippen LogP) is 2.39.